The average molecular weight is 511 g/mol. The lowest BCUT2D eigenvalue weighted by molar-refractivity contribution is 0.0671. The summed E-state index contributed by atoms with van der Waals surface area (Å²) < 4.78 is 27.1. The van der Waals surface area contributed by atoms with Crippen molar-refractivity contribution in [2.24, 2.45) is 0 Å². The molecule has 0 radical (unpaired) electrons. The van der Waals surface area contributed by atoms with Gasteiger partial charge in [-0.1, -0.05) is 23.7 Å². The van der Waals surface area contributed by atoms with Gasteiger partial charge in [0.1, 0.15) is 0 Å². The second-order valence-corrected chi connectivity index (χ2v) is 8.28. The third kappa shape index (κ3) is 4.72. The molecule has 0 aliphatic carbocycles. The maximum atomic E-state index is 13.8. The van der Waals surface area contributed by atoms with Crippen molar-refractivity contribution in [2.75, 3.05) is 35.5 Å². The summed E-state index contributed by atoms with van der Waals surface area (Å²) >= 11 is 6.12. The molecule has 0 saturated carbocycles. The molecule has 9 heteroatoms. The third-order valence-corrected chi connectivity index (χ3v) is 6.13. The Labute approximate surface area is 214 Å². The van der Waals surface area contributed by atoms with Crippen LogP contribution in [0, 0.1) is 0 Å². The van der Waals surface area contributed by atoms with Gasteiger partial charge >= 0.3 is 0 Å². The molecule has 1 aliphatic rings. The van der Waals surface area contributed by atoms with Crippen molar-refractivity contribution in [1.82, 2.24) is 10.4 Å². The van der Waals surface area contributed by atoms with Gasteiger partial charge in [0.2, 0.25) is 5.75 Å². The van der Waals surface area contributed by atoms with Gasteiger partial charge in [0.25, 0.3) is 5.91 Å². The predicted molar refractivity (Wildman–Crippen MR) is 137 cm³/mol. The fourth-order valence-corrected chi connectivity index (χ4v) is 4.19. The SMILES string of the molecule is COc1ccc(C2=C[C@H](c3ccc(Cl)cc3)N(C(=O)c3cc(OC)c(OC)c(OC)c3)N2)cc1OC. The molecule has 1 N–H and O–H groups in total. The number of carbonyl (C=O) groups excluding carboxylic acids is 1. The number of methoxy groups -OCH3 is 5. The molecule has 0 saturated heterocycles. The highest BCUT2D eigenvalue weighted by Gasteiger charge is 2.33. The van der Waals surface area contributed by atoms with Crippen molar-refractivity contribution in [3.05, 3.63) is 82.4 Å². The van der Waals surface area contributed by atoms with E-state index in [0.29, 0.717) is 39.3 Å². The first kappa shape index (κ1) is 25.1. The van der Waals surface area contributed by atoms with Crippen molar-refractivity contribution in [2.45, 2.75) is 6.04 Å². The molecular formula is C27H27ClN2O6. The summed E-state index contributed by atoms with van der Waals surface area (Å²) in [6.07, 6.45) is 1.97. The first-order valence-electron chi connectivity index (χ1n) is 11.0. The molecule has 0 fully saturated rings. The highest BCUT2D eigenvalue weighted by molar-refractivity contribution is 6.30. The molecule has 3 aromatic rings. The van der Waals surface area contributed by atoms with Gasteiger partial charge in [0.15, 0.2) is 23.0 Å². The van der Waals surface area contributed by atoms with Crippen molar-refractivity contribution in [3.63, 3.8) is 0 Å². The Balaban J connectivity index is 1.77. The molecule has 36 heavy (non-hydrogen) atoms. The van der Waals surface area contributed by atoms with E-state index in [1.807, 2.05) is 36.4 Å². The first-order chi connectivity index (χ1) is 17.4. The van der Waals surface area contributed by atoms with Crippen LogP contribution in [0.1, 0.15) is 27.5 Å². The van der Waals surface area contributed by atoms with E-state index in [0.717, 1.165) is 16.8 Å². The number of amides is 1. The van der Waals surface area contributed by atoms with Gasteiger partial charge < -0.3 is 23.7 Å². The van der Waals surface area contributed by atoms with Crippen LogP contribution in [0.15, 0.2) is 60.7 Å². The quantitative estimate of drug-likeness (QED) is 0.450. The molecule has 1 amide bonds. The van der Waals surface area contributed by atoms with Crippen molar-refractivity contribution >= 4 is 23.2 Å². The van der Waals surface area contributed by atoms with Crippen molar-refractivity contribution in [1.29, 1.82) is 0 Å². The van der Waals surface area contributed by atoms with E-state index in [1.165, 1.54) is 21.3 Å². The molecule has 188 valence electrons. The minimum Gasteiger partial charge on any atom is -0.493 e. The highest BCUT2D eigenvalue weighted by atomic mass is 35.5. The molecule has 0 spiro atoms. The second kappa shape index (κ2) is 10.7. The van der Waals surface area contributed by atoms with E-state index in [1.54, 1.807) is 43.5 Å². The van der Waals surface area contributed by atoms with Crippen molar-refractivity contribution < 1.29 is 28.5 Å². The summed E-state index contributed by atoms with van der Waals surface area (Å²) in [4.78, 5) is 13.8. The van der Waals surface area contributed by atoms with E-state index in [-0.39, 0.29) is 5.91 Å². The maximum Gasteiger partial charge on any atom is 0.273 e. The highest BCUT2D eigenvalue weighted by Crippen LogP contribution is 2.40. The number of halogens is 1. The zero-order valence-electron chi connectivity index (χ0n) is 20.6. The summed E-state index contributed by atoms with van der Waals surface area (Å²) in [5.74, 6) is 2.07. The standard InChI is InChI=1S/C27H27ClN2O6/c1-32-22-11-8-17(12-23(22)33-2)20-15-21(16-6-9-19(28)10-7-16)30(29-20)27(31)18-13-24(34-3)26(36-5)25(14-18)35-4/h6-15,21,29H,1-5H3/t21-/m1/s1. The third-order valence-electron chi connectivity index (χ3n) is 5.88. The Morgan fingerprint density at radius 1 is 0.778 bits per heavy atom. The molecule has 3 aromatic carbocycles. The zero-order valence-corrected chi connectivity index (χ0v) is 21.4. The number of hydrogen-bond donors (Lipinski definition) is 1. The smallest absolute Gasteiger partial charge is 0.273 e. The number of rotatable bonds is 8. The topological polar surface area (TPSA) is 78.5 Å². The van der Waals surface area contributed by atoms with Crippen molar-refractivity contribution in [3.8, 4) is 28.7 Å². The Morgan fingerprint density at radius 2 is 1.39 bits per heavy atom. The molecule has 1 atom stereocenters. The molecule has 0 unspecified atom stereocenters. The van der Waals surface area contributed by atoms with Gasteiger partial charge in [0, 0.05) is 16.1 Å². The van der Waals surface area contributed by atoms with Crippen LogP contribution in [0.4, 0.5) is 0 Å². The van der Waals surface area contributed by atoms with E-state index in [9.17, 15) is 4.79 Å². The number of nitrogens with one attached hydrogen (secondary N) is 1. The Bertz CT molecular complexity index is 1270. The fraction of sp³-hybridized carbons (Fsp3) is 0.222. The largest absolute Gasteiger partial charge is 0.493 e. The summed E-state index contributed by atoms with van der Waals surface area (Å²) in [6, 6.07) is 15.8. The second-order valence-electron chi connectivity index (χ2n) is 7.85. The van der Waals surface area contributed by atoms with Gasteiger partial charge in [-0.15, -0.1) is 0 Å². The first-order valence-corrected chi connectivity index (χ1v) is 11.4. The van der Waals surface area contributed by atoms with Gasteiger partial charge in [-0.25, -0.2) is 5.01 Å². The zero-order chi connectivity index (χ0) is 25.8. The number of carbonyl (C=O) groups is 1. The molecule has 8 nitrogen and oxygen atoms in total. The van der Waals surface area contributed by atoms with E-state index in [2.05, 4.69) is 5.43 Å². The average Bonchev–Trinajstić information content (AvgIpc) is 3.37. The van der Waals surface area contributed by atoms with Gasteiger partial charge in [0.05, 0.1) is 47.3 Å². The van der Waals surface area contributed by atoms with E-state index in [4.69, 9.17) is 35.3 Å². The predicted octanol–water partition coefficient (Wildman–Crippen LogP) is 5.13. The summed E-state index contributed by atoms with van der Waals surface area (Å²) in [7, 11) is 7.69. The molecule has 0 bridgehead atoms. The molecule has 0 aromatic heterocycles. The number of hydrazine groups is 1. The minimum absolute atomic E-state index is 0.291. The lowest BCUT2D eigenvalue weighted by Crippen LogP contribution is -2.39. The fourth-order valence-electron chi connectivity index (χ4n) is 4.06. The van der Waals surface area contributed by atoms with Crippen LogP contribution in [0.2, 0.25) is 5.02 Å². The minimum atomic E-state index is -0.419. The summed E-state index contributed by atoms with van der Waals surface area (Å²) in [6.45, 7) is 0. The van der Waals surface area contributed by atoms with E-state index >= 15 is 0 Å². The normalized spacial score (nSPS) is 14.6. The Hall–Kier alpha value is -4.04. The number of hydrogen-bond acceptors (Lipinski definition) is 7. The lowest BCUT2D eigenvalue weighted by atomic mass is 10.0. The monoisotopic (exact) mass is 510 g/mol. The van der Waals surface area contributed by atoms with Crippen LogP contribution in [-0.4, -0.2) is 46.5 Å². The number of nitrogens with zero attached hydrogens (tertiary/aromatic N) is 1. The summed E-state index contributed by atoms with van der Waals surface area (Å²) in [5.41, 5.74) is 6.06. The van der Waals surface area contributed by atoms with Crippen LogP contribution in [0.25, 0.3) is 5.70 Å². The van der Waals surface area contributed by atoms with Crippen LogP contribution in [0.3, 0.4) is 0 Å². The van der Waals surface area contributed by atoms with Crippen LogP contribution >= 0.6 is 11.6 Å². The number of ether oxygens (including phenoxy) is 5. The maximum absolute atomic E-state index is 13.8. The molecule has 1 aliphatic heterocycles. The lowest BCUT2D eigenvalue weighted by Gasteiger charge is -2.26. The van der Waals surface area contributed by atoms with Gasteiger partial charge in [-0.05, 0) is 54.1 Å². The number of benzene rings is 3. The van der Waals surface area contributed by atoms with Crippen LogP contribution in [0.5, 0.6) is 28.7 Å². The summed E-state index contributed by atoms with van der Waals surface area (Å²) in [5, 5.41) is 2.16. The molecule has 4 rings (SSSR count). The van der Waals surface area contributed by atoms with Gasteiger partial charge in [-0.3, -0.25) is 10.2 Å². The Kier molecular flexibility index (Phi) is 7.45. The van der Waals surface area contributed by atoms with Gasteiger partial charge in [-0.2, -0.15) is 0 Å². The van der Waals surface area contributed by atoms with E-state index < -0.39 is 6.04 Å². The van der Waals surface area contributed by atoms with Crippen LogP contribution < -0.4 is 29.1 Å². The van der Waals surface area contributed by atoms with Crippen LogP contribution in [-0.2, 0) is 0 Å². The molecular weight excluding hydrogens is 484 g/mol. The Morgan fingerprint density at radius 3 is 1.94 bits per heavy atom. The molecule has 1 heterocycles.